The molecule has 0 radical (unpaired) electrons. The van der Waals surface area contributed by atoms with Crippen molar-refractivity contribution in [3.63, 3.8) is 0 Å². The molecule has 1 aromatic carbocycles. The molecule has 2 N–H and O–H groups in total. The quantitative estimate of drug-likeness (QED) is 0.805. The van der Waals surface area contributed by atoms with Gasteiger partial charge in [0.2, 0.25) is 0 Å². The molecule has 18 heavy (non-hydrogen) atoms. The third-order valence-electron chi connectivity index (χ3n) is 2.29. The molecule has 0 bridgehead atoms. The number of benzene rings is 1. The van der Waals surface area contributed by atoms with E-state index in [1.807, 2.05) is 45.0 Å². The first kappa shape index (κ1) is 14.4. The Balaban J connectivity index is 2.46. The van der Waals surface area contributed by atoms with Crippen molar-refractivity contribution in [1.29, 1.82) is 0 Å². The van der Waals surface area contributed by atoms with Gasteiger partial charge in [-0.3, -0.25) is 5.43 Å². The highest BCUT2D eigenvalue weighted by molar-refractivity contribution is 5.69. The van der Waals surface area contributed by atoms with Crippen molar-refractivity contribution in [3.8, 4) is 0 Å². The average molecular weight is 250 g/mol. The summed E-state index contributed by atoms with van der Waals surface area (Å²) in [7, 11) is 0. The van der Waals surface area contributed by atoms with Crippen LogP contribution in [0, 0.1) is 0 Å². The van der Waals surface area contributed by atoms with E-state index in [1.165, 1.54) is 5.56 Å². The molecule has 4 heteroatoms. The van der Waals surface area contributed by atoms with Gasteiger partial charge in [-0.05, 0) is 44.4 Å². The van der Waals surface area contributed by atoms with E-state index >= 15 is 0 Å². The van der Waals surface area contributed by atoms with E-state index in [-0.39, 0.29) is 0 Å². The van der Waals surface area contributed by atoms with Crippen LogP contribution in [0.4, 0.5) is 10.5 Å². The van der Waals surface area contributed by atoms with Crippen LogP contribution in [0.2, 0.25) is 0 Å². The maximum atomic E-state index is 11.4. The molecule has 4 nitrogen and oxygen atoms in total. The molecule has 1 amide bonds. The zero-order valence-corrected chi connectivity index (χ0v) is 11.7. The van der Waals surface area contributed by atoms with Crippen LogP contribution in [0.15, 0.2) is 24.3 Å². The van der Waals surface area contributed by atoms with Crippen molar-refractivity contribution in [3.05, 3.63) is 29.8 Å². The lowest BCUT2D eigenvalue weighted by Gasteiger charge is -2.20. The smallest absolute Gasteiger partial charge is 0.426 e. The SMILES string of the molecule is CC(C)c1ccc(NNC(=O)OC(C)(C)C)cc1. The first-order valence-electron chi connectivity index (χ1n) is 6.13. The van der Waals surface area contributed by atoms with E-state index in [0.717, 1.165) is 5.69 Å². The van der Waals surface area contributed by atoms with Crippen molar-refractivity contribution in [2.45, 2.75) is 46.1 Å². The Kier molecular flexibility index (Phi) is 4.59. The van der Waals surface area contributed by atoms with Gasteiger partial charge in [0.05, 0.1) is 5.69 Å². The minimum atomic E-state index is -0.493. The third kappa shape index (κ3) is 5.08. The molecule has 0 saturated carbocycles. The molecular weight excluding hydrogens is 228 g/mol. The number of hydrogen-bond acceptors (Lipinski definition) is 3. The van der Waals surface area contributed by atoms with E-state index in [2.05, 4.69) is 24.7 Å². The standard InChI is InChI=1S/C14H22N2O2/c1-10(2)11-6-8-12(9-7-11)15-16-13(17)18-14(3,4)5/h6-10,15H,1-5H3,(H,16,17). The molecule has 0 saturated heterocycles. The molecule has 0 aliphatic carbocycles. The fourth-order valence-electron chi connectivity index (χ4n) is 1.38. The topological polar surface area (TPSA) is 50.4 Å². The number of carbonyl (C=O) groups is 1. The van der Waals surface area contributed by atoms with Gasteiger partial charge >= 0.3 is 6.09 Å². The number of anilines is 1. The van der Waals surface area contributed by atoms with E-state index in [4.69, 9.17) is 4.74 Å². The van der Waals surface area contributed by atoms with Crippen molar-refractivity contribution in [2.24, 2.45) is 0 Å². The van der Waals surface area contributed by atoms with E-state index in [9.17, 15) is 4.79 Å². The molecule has 100 valence electrons. The van der Waals surface area contributed by atoms with Crippen molar-refractivity contribution in [1.82, 2.24) is 5.43 Å². The summed E-state index contributed by atoms with van der Waals surface area (Å²) < 4.78 is 5.11. The molecule has 0 aliphatic rings. The Bertz CT molecular complexity index is 391. The van der Waals surface area contributed by atoms with Crippen LogP contribution in [0.1, 0.15) is 46.1 Å². The summed E-state index contributed by atoms with van der Waals surface area (Å²) in [5.41, 5.74) is 6.90. The number of hydrazine groups is 1. The van der Waals surface area contributed by atoms with Crippen LogP contribution < -0.4 is 10.9 Å². The number of hydrogen-bond donors (Lipinski definition) is 2. The molecule has 0 spiro atoms. The fourth-order valence-corrected chi connectivity index (χ4v) is 1.38. The molecule has 0 aromatic heterocycles. The maximum absolute atomic E-state index is 11.4. The van der Waals surface area contributed by atoms with Gasteiger partial charge in [-0.2, -0.15) is 0 Å². The second-order valence-electron chi connectivity index (χ2n) is 5.53. The summed E-state index contributed by atoms with van der Waals surface area (Å²) in [6.45, 7) is 9.75. The molecule has 0 atom stereocenters. The highest BCUT2D eigenvalue weighted by atomic mass is 16.6. The van der Waals surface area contributed by atoms with Gasteiger partial charge in [0, 0.05) is 0 Å². The Morgan fingerprint density at radius 3 is 2.17 bits per heavy atom. The van der Waals surface area contributed by atoms with Crippen LogP contribution in [0.25, 0.3) is 0 Å². The second-order valence-corrected chi connectivity index (χ2v) is 5.53. The van der Waals surface area contributed by atoms with Gasteiger partial charge in [0.25, 0.3) is 0 Å². The molecule has 1 rings (SSSR count). The molecule has 0 unspecified atom stereocenters. The highest BCUT2D eigenvalue weighted by Gasteiger charge is 2.15. The summed E-state index contributed by atoms with van der Waals surface area (Å²) in [6.07, 6.45) is -0.490. The van der Waals surface area contributed by atoms with Crippen LogP contribution in [0.3, 0.4) is 0 Å². The molecule has 1 aromatic rings. The fraction of sp³-hybridized carbons (Fsp3) is 0.500. The summed E-state index contributed by atoms with van der Waals surface area (Å²) in [4.78, 5) is 11.4. The predicted octanol–water partition coefficient (Wildman–Crippen LogP) is 3.66. The van der Waals surface area contributed by atoms with Crippen molar-refractivity contribution >= 4 is 11.8 Å². The Hall–Kier alpha value is -1.71. The number of nitrogens with one attached hydrogen (secondary N) is 2. The van der Waals surface area contributed by atoms with Gasteiger partial charge < -0.3 is 4.74 Å². The number of carbonyl (C=O) groups excluding carboxylic acids is 1. The average Bonchev–Trinajstić information content (AvgIpc) is 2.24. The summed E-state index contributed by atoms with van der Waals surface area (Å²) >= 11 is 0. The molecule has 0 fully saturated rings. The summed E-state index contributed by atoms with van der Waals surface area (Å²) in [5.74, 6) is 0.498. The van der Waals surface area contributed by atoms with Gasteiger partial charge in [-0.15, -0.1) is 0 Å². The number of rotatable bonds is 3. The zero-order valence-electron chi connectivity index (χ0n) is 11.7. The van der Waals surface area contributed by atoms with Gasteiger partial charge in [0.15, 0.2) is 0 Å². The van der Waals surface area contributed by atoms with E-state index < -0.39 is 11.7 Å². The Morgan fingerprint density at radius 1 is 1.17 bits per heavy atom. The minimum absolute atomic E-state index is 0.490. The number of amides is 1. The lowest BCUT2D eigenvalue weighted by atomic mass is 10.0. The van der Waals surface area contributed by atoms with Crippen LogP contribution in [-0.2, 0) is 4.74 Å². The Morgan fingerprint density at radius 2 is 1.72 bits per heavy atom. The summed E-state index contributed by atoms with van der Waals surface area (Å²) in [6, 6.07) is 7.91. The van der Waals surface area contributed by atoms with Crippen molar-refractivity contribution in [2.75, 3.05) is 5.43 Å². The normalized spacial score (nSPS) is 11.2. The maximum Gasteiger partial charge on any atom is 0.426 e. The van der Waals surface area contributed by atoms with E-state index in [0.29, 0.717) is 5.92 Å². The molecule has 0 heterocycles. The third-order valence-corrected chi connectivity index (χ3v) is 2.29. The first-order valence-corrected chi connectivity index (χ1v) is 6.13. The first-order chi connectivity index (χ1) is 8.28. The lowest BCUT2D eigenvalue weighted by Crippen LogP contribution is -2.35. The number of ether oxygens (including phenoxy) is 1. The summed E-state index contributed by atoms with van der Waals surface area (Å²) in [5, 5.41) is 0. The lowest BCUT2D eigenvalue weighted by molar-refractivity contribution is 0.0541. The van der Waals surface area contributed by atoms with Gasteiger partial charge in [-0.1, -0.05) is 26.0 Å². The van der Waals surface area contributed by atoms with Crippen LogP contribution >= 0.6 is 0 Å². The minimum Gasteiger partial charge on any atom is -0.443 e. The van der Waals surface area contributed by atoms with Crippen LogP contribution in [-0.4, -0.2) is 11.7 Å². The van der Waals surface area contributed by atoms with Crippen molar-refractivity contribution < 1.29 is 9.53 Å². The van der Waals surface area contributed by atoms with Gasteiger partial charge in [0.1, 0.15) is 5.60 Å². The van der Waals surface area contributed by atoms with Crippen LogP contribution in [0.5, 0.6) is 0 Å². The predicted molar refractivity (Wildman–Crippen MR) is 73.5 cm³/mol. The monoisotopic (exact) mass is 250 g/mol. The highest BCUT2D eigenvalue weighted by Crippen LogP contribution is 2.16. The largest absolute Gasteiger partial charge is 0.443 e. The Labute approximate surface area is 109 Å². The molecular formula is C14H22N2O2. The van der Waals surface area contributed by atoms with Gasteiger partial charge in [-0.25, -0.2) is 10.2 Å². The second kappa shape index (κ2) is 5.76. The molecule has 0 aliphatic heterocycles. The zero-order chi connectivity index (χ0) is 13.8. The van der Waals surface area contributed by atoms with E-state index in [1.54, 1.807) is 0 Å².